The van der Waals surface area contributed by atoms with E-state index in [2.05, 4.69) is 0 Å². The average Bonchev–Trinajstić information content (AvgIpc) is 2.74. The van der Waals surface area contributed by atoms with E-state index in [1.807, 2.05) is 0 Å². The Balaban J connectivity index is 3.28. The molecule has 2 atom stereocenters. The van der Waals surface area contributed by atoms with Crippen LogP contribution in [-0.2, 0) is 35.1 Å². The summed E-state index contributed by atoms with van der Waals surface area (Å²) in [5.41, 5.74) is 5.44. The first-order chi connectivity index (χ1) is 15.7. The Hall–Kier alpha value is -2.94. The number of carbonyl (C=O) groups excluding carboxylic acids is 4. The molecule has 1 rings (SSSR count). The van der Waals surface area contributed by atoms with Crippen molar-refractivity contribution in [3.63, 3.8) is 0 Å². The minimum atomic E-state index is -1.53. The average molecular weight is 480 g/mol. The molecule has 0 saturated heterocycles. The number of ether oxygens (including phenoxy) is 4. The summed E-state index contributed by atoms with van der Waals surface area (Å²) >= 11 is 0. The molecule has 0 aliphatic carbocycles. The molecule has 0 saturated carbocycles. The monoisotopic (exact) mass is 479 g/mol. The number of hydrogen-bond donors (Lipinski definition) is 1. The van der Waals surface area contributed by atoms with E-state index >= 15 is 0 Å². The largest absolute Gasteiger partial charge is 0.468 e. The first-order valence-electron chi connectivity index (χ1n) is 11.3. The highest BCUT2D eigenvalue weighted by Crippen LogP contribution is 2.32. The van der Waals surface area contributed by atoms with Gasteiger partial charge in [0.1, 0.15) is 11.6 Å². The number of methoxy groups -OCH3 is 1. The van der Waals surface area contributed by atoms with Gasteiger partial charge in [0.25, 0.3) is 0 Å². The molecule has 0 spiro atoms. The minimum absolute atomic E-state index is 0.00331. The molecular weight excluding hydrogens is 442 g/mol. The first kappa shape index (κ1) is 29.1. The van der Waals surface area contributed by atoms with Gasteiger partial charge in [-0.3, -0.25) is 19.2 Å². The lowest BCUT2D eigenvalue weighted by Crippen LogP contribution is -2.53. The third-order valence-corrected chi connectivity index (χ3v) is 4.92. The second-order valence-corrected chi connectivity index (χ2v) is 9.36. The first-order valence-corrected chi connectivity index (χ1v) is 11.3. The van der Waals surface area contributed by atoms with Gasteiger partial charge in [-0.05, 0) is 24.6 Å². The molecule has 0 heterocycles. The summed E-state index contributed by atoms with van der Waals surface area (Å²) < 4.78 is 21.1. The molecule has 0 aromatic heterocycles. The van der Waals surface area contributed by atoms with Crippen LogP contribution in [0.3, 0.4) is 0 Å². The van der Waals surface area contributed by atoms with Crippen molar-refractivity contribution in [2.75, 3.05) is 7.11 Å². The molecule has 9 heteroatoms. The summed E-state index contributed by atoms with van der Waals surface area (Å²) in [6.45, 7) is 11.8. The van der Waals surface area contributed by atoms with Gasteiger partial charge >= 0.3 is 23.9 Å². The Kier molecular flexibility index (Phi) is 10.7. The molecule has 1 aromatic carbocycles. The highest BCUT2D eigenvalue weighted by molar-refractivity contribution is 5.81. The standard InChI is InChI=1S/C25H37NO8/c1-14(2)21(27)32-17(7)12-25(26,24(30)31-8)13-18-9-10-19(33-22(28)15(3)4)20(11-18)34-23(29)16(5)6/h9-11,14-17H,12-13,26H2,1-8H3/t17?,25-/m1/s1. The molecular formula is C25H37NO8. The third-order valence-electron chi connectivity index (χ3n) is 4.92. The molecule has 190 valence electrons. The van der Waals surface area contributed by atoms with E-state index in [4.69, 9.17) is 24.7 Å². The van der Waals surface area contributed by atoms with E-state index in [-0.39, 0.29) is 36.2 Å². The van der Waals surface area contributed by atoms with E-state index in [1.54, 1.807) is 54.5 Å². The van der Waals surface area contributed by atoms with Crippen molar-refractivity contribution in [1.29, 1.82) is 0 Å². The fraction of sp³-hybridized carbons (Fsp3) is 0.600. The molecule has 9 nitrogen and oxygen atoms in total. The number of benzene rings is 1. The summed E-state index contributed by atoms with van der Waals surface area (Å²) in [6.07, 6.45) is -0.652. The van der Waals surface area contributed by atoms with Crippen LogP contribution in [0, 0.1) is 17.8 Å². The van der Waals surface area contributed by atoms with Crippen LogP contribution < -0.4 is 15.2 Å². The molecule has 0 fully saturated rings. The molecule has 0 aliphatic heterocycles. The van der Waals surface area contributed by atoms with Crippen LogP contribution in [0.4, 0.5) is 0 Å². The normalized spacial score (nSPS) is 13.9. The highest BCUT2D eigenvalue weighted by Gasteiger charge is 2.38. The molecule has 1 unspecified atom stereocenters. The molecule has 2 N–H and O–H groups in total. The predicted molar refractivity (Wildman–Crippen MR) is 125 cm³/mol. The van der Waals surface area contributed by atoms with Gasteiger partial charge in [0.15, 0.2) is 11.5 Å². The van der Waals surface area contributed by atoms with Crippen LogP contribution >= 0.6 is 0 Å². The maximum Gasteiger partial charge on any atom is 0.326 e. The van der Waals surface area contributed by atoms with Gasteiger partial charge in [-0.15, -0.1) is 0 Å². The number of rotatable bonds is 11. The second kappa shape index (κ2) is 12.5. The van der Waals surface area contributed by atoms with Gasteiger partial charge in [-0.1, -0.05) is 47.6 Å². The molecule has 0 amide bonds. The van der Waals surface area contributed by atoms with E-state index < -0.39 is 41.4 Å². The summed E-state index contributed by atoms with van der Waals surface area (Å²) in [4.78, 5) is 48.9. The fourth-order valence-electron chi connectivity index (χ4n) is 2.96. The van der Waals surface area contributed by atoms with Crippen LogP contribution in [0.25, 0.3) is 0 Å². The quantitative estimate of drug-likeness (QED) is 0.375. The summed E-state index contributed by atoms with van der Waals surface area (Å²) in [5, 5.41) is 0. The van der Waals surface area contributed by atoms with Crippen molar-refractivity contribution in [2.45, 2.75) is 73.0 Å². The van der Waals surface area contributed by atoms with Crippen LogP contribution in [0.5, 0.6) is 11.5 Å². The van der Waals surface area contributed by atoms with Gasteiger partial charge in [0.05, 0.1) is 24.9 Å². The number of hydrogen-bond acceptors (Lipinski definition) is 9. The lowest BCUT2D eigenvalue weighted by Gasteiger charge is -2.30. The van der Waals surface area contributed by atoms with Crippen molar-refractivity contribution in [2.24, 2.45) is 23.5 Å². The molecule has 1 aromatic rings. The van der Waals surface area contributed by atoms with E-state index in [0.29, 0.717) is 5.56 Å². The Morgan fingerprint density at radius 1 is 0.824 bits per heavy atom. The topological polar surface area (TPSA) is 131 Å². The van der Waals surface area contributed by atoms with E-state index in [9.17, 15) is 19.2 Å². The Morgan fingerprint density at radius 3 is 1.79 bits per heavy atom. The van der Waals surface area contributed by atoms with Crippen molar-refractivity contribution in [1.82, 2.24) is 0 Å². The van der Waals surface area contributed by atoms with Crippen molar-refractivity contribution in [3.05, 3.63) is 23.8 Å². The van der Waals surface area contributed by atoms with Crippen LogP contribution in [0.15, 0.2) is 18.2 Å². The van der Waals surface area contributed by atoms with Crippen molar-refractivity contribution >= 4 is 23.9 Å². The maximum absolute atomic E-state index is 12.6. The van der Waals surface area contributed by atoms with Gasteiger partial charge in [0, 0.05) is 12.8 Å². The predicted octanol–water partition coefficient (Wildman–Crippen LogP) is 3.20. The van der Waals surface area contributed by atoms with Gasteiger partial charge in [-0.25, -0.2) is 0 Å². The lowest BCUT2D eigenvalue weighted by molar-refractivity contribution is -0.157. The molecule has 0 bridgehead atoms. The molecule has 0 radical (unpaired) electrons. The molecule has 34 heavy (non-hydrogen) atoms. The van der Waals surface area contributed by atoms with Crippen molar-refractivity contribution < 1.29 is 38.1 Å². The second-order valence-electron chi connectivity index (χ2n) is 9.36. The lowest BCUT2D eigenvalue weighted by atomic mass is 9.86. The minimum Gasteiger partial charge on any atom is -0.468 e. The van der Waals surface area contributed by atoms with E-state index in [0.717, 1.165) is 0 Å². The number of esters is 4. The van der Waals surface area contributed by atoms with Gasteiger partial charge in [0.2, 0.25) is 0 Å². The maximum atomic E-state index is 12.6. The van der Waals surface area contributed by atoms with Crippen LogP contribution in [0.1, 0.15) is 60.5 Å². The summed E-state index contributed by atoms with van der Waals surface area (Å²) in [7, 11) is 1.22. The summed E-state index contributed by atoms with van der Waals surface area (Å²) in [5.74, 6) is -3.11. The highest BCUT2D eigenvalue weighted by atomic mass is 16.6. The zero-order valence-electron chi connectivity index (χ0n) is 21.3. The zero-order chi connectivity index (χ0) is 26.2. The smallest absolute Gasteiger partial charge is 0.326 e. The Bertz CT molecular complexity index is 893. The third kappa shape index (κ3) is 8.44. The molecule has 0 aliphatic rings. The van der Waals surface area contributed by atoms with Crippen LogP contribution in [0.2, 0.25) is 0 Å². The SMILES string of the molecule is COC(=O)[C@](N)(Cc1ccc(OC(=O)C(C)C)c(OC(=O)C(C)C)c1)CC(C)OC(=O)C(C)C. The fourth-order valence-corrected chi connectivity index (χ4v) is 2.96. The Labute approximate surface area is 201 Å². The van der Waals surface area contributed by atoms with E-state index in [1.165, 1.54) is 19.2 Å². The Morgan fingerprint density at radius 2 is 1.32 bits per heavy atom. The zero-order valence-corrected chi connectivity index (χ0v) is 21.3. The van der Waals surface area contributed by atoms with Gasteiger partial charge in [-0.2, -0.15) is 0 Å². The van der Waals surface area contributed by atoms with Crippen LogP contribution in [-0.4, -0.2) is 42.6 Å². The summed E-state index contributed by atoms with van der Waals surface area (Å²) in [6, 6.07) is 4.60. The van der Waals surface area contributed by atoms with Gasteiger partial charge < -0.3 is 24.7 Å². The number of carbonyl (C=O) groups is 4. The number of nitrogens with two attached hydrogens (primary N) is 1. The van der Waals surface area contributed by atoms with Crippen molar-refractivity contribution in [3.8, 4) is 11.5 Å².